The number of nitrogens with zero attached hydrogens (tertiary/aromatic N) is 2. The predicted molar refractivity (Wildman–Crippen MR) is 133 cm³/mol. The molecule has 0 saturated heterocycles. The van der Waals surface area contributed by atoms with Crippen LogP contribution in [0.1, 0.15) is 26.3 Å². The van der Waals surface area contributed by atoms with Gasteiger partial charge in [0.1, 0.15) is 12.6 Å². The van der Waals surface area contributed by atoms with Gasteiger partial charge in [0, 0.05) is 27.7 Å². The first-order chi connectivity index (χ1) is 15.3. The summed E-state index contributed by atoms with van der Waals surface area (Å²) in [6.07, 6.45) is 0.997. The fourth-order valence-corrected chi connectivity index (χ4v) is 4.56. The minimum absolute atomic E-state index is 0.0192. The number of sulfonamides is 1. The highest BCUT2D eigenvalue weighted by Crippen LogP contribution is 2.25. The lowest BCUT2D eigenvalue weighted by atomic mass is 10.1. The second kappa shape index (κ2) is 11.4. The Morgan fingerprint density at radius 2 is 1.64 bits per heavy atom. The van der Waals surface area contributed by atoms with Crippen LogP contribution in [0.5, 0.6) is 0 Å². The van der Waals surface area contributed by atoms with E-state index in [-0.39, 0.29) is 24.2 Å². The number of hydrogen-bond acceptors (Lipinski definition) is 4. The van der Waals surface area contributed by atoms with Crippen LogP contribution in [0.15, 0.2) is 42.5 Å². The van der Waals surface area contributed by atoms with Crippen molar-refractivity contribution in [1.29, 1.82) is 0 Å². The molecule has 180 valence electrons. The van der Waals surface area contributed by atoms with Crippen LogP contribution in [0.4, 0.5) is 5.69 Å². The average molecular weight is 535 g/mol. The predicted octanol–water partition coefficient (Wildman–Crippen LogP) is 4.35. The lowest BCUT2D eigenvalue weighted by Gasteiger charge is -2.32. The SMILES string of the molecule is CC(C)NC(=O)C(C)N(Cc1ccc(Cl)cc1Cl)C(=O)CN(c1cccc(Cl)c1)S(C)(=O)=O. The molecular formula is C22H26Cl3N3O4S. The van der Waals surface area contributed by atoms with Gasteiger partial charge in [-0.05, 0) is 56.7 Å². The summed E-state index contributed by atoms with van der Waals surface area (Å²) in [6, 6.07) is 9.95. The highest BCUT2D eigenvalue weighted by Gasteiger charge is 2.30. The minimum atomic E-state index is -3.83. The van der Waals surface area contributed by atoms with Crippen LogP contribution in [-0.4, -0.2) is 50.0 Å². The van der Waals surface area contributed by atoms with Crippen molar-refractivity contribution in [2.75, 3.05) is 17.1 Å². The molecule has 0 aliphatic heterocycles. The summed E-state index contributed by atoms with van der Waals surface area (Å²) in [4.78, 5) is 27.4. The van der Waals surface area contributed by atoms with E-state index in [1.807, 2.05) is 0 Å². The van der Waals surface area contributed by atoms with Gasteiger partial charge in [0.05, 0.1) is 11.9 Å². The van der Waals surface area contributed by atoms with Crippen LogP contribution in [0.3, 0.4) is 0 Å². The summed E-state index contributed by atoms with van der Waals surface area (Å²) in [5, 5.41) is 3.85. The van der Waals surface area contributed by atoms with Crippen LogP contribution in [0.25, 0.3) is 0 Å². The van der Waals surface area contributed by atoms with Crippen LogP contribution in [0.2, 0.25) is 15.1 Å². The second-order valence-corrected chi connectivity index (χ2v) is 11.0. The summed E-state index contributed by atoms with van der Waals surface area (Å²) >= 11 is 18.3. The molecule has 7 nitrogen and oxygen atoms in total. The Kier molecular flexibility index (Phi) is 9.43. The molecular weight excluding hydrogens is 509 g/mol. The van der Waals surface area contributed by atoms with Crippen LogP contribution in [0, 0.1) is 0 Å². The van der Waals surface area contributed by atoms with Crippen molar-refractivity contribution in [2.45, 2.75) is 39.4 Å². The van der Waals surface area contributed by atoms with E-state index in [1.54, 1.807) is 45.0 Å². The molecule has 2 amide bonds. The van der Waals surface area contributed by atoms with Crippen molar-refractivity contribution in [1.82, 2.24) is 10.2 Å². The Morgan fingerprint density at radius 3 is 2.18 bits per heavy atom. The van der Waals surface area contributed by atoms with Crippen molar-refractivity contribution < 1.29 is 18.0 Å². The molecule has 2 rings (SSSR count). The fourth-order valence-electron chi connectivity index (χ4n) is 3.07. The van der Waals surface area contributed by atoms with Gasteiger partial charge < -0.3 is 10.2 Å². The zero-order valence-electron chi connectivity index (χ0n) is 18.7. The van der Waals surface area contributed by atoms with Gasteiger partial charge in [0.25, 0.3) is 0 Å². The largest absolute Gasteiger partial charge is 0.352 e. The first-order valence-electron chi connectivity index (χ1n) is 10.1. The van der Waals surface area contributed by atoms with E-state index in [1.165, 1.54) is 23.1 Å². The first kappa shape index (κ1) is 27.2. The molecule has 0 heterocycles. The van der Waals surface area contributed by atoms with Gasteiger partial charge in [-0.3, -0.25) is 13.9 Å². The molecule has 11 heteroatoms. The van der Waals surface area contributed by atoms with Gasteiger partial charge in [-0.15, -0.1) is 0 Å². The zero-order valence-corrected chi connectivity index (χ0v) is 21.8. The lowest BCUT2D eigenvalue weighted by molar-refractivity contribution is -0.139. The van der Waals surface area contributed by atoms with Crippen molar-refractivity contribution >= 4 is 62.3 Å². The molecule has 1 N–H and O–H groups in total. The Bertz CT molecular complexity index is 1130. The Morgan fingerprint density at radius 1 is 1.00 bits per heavy atom. The third-order valence-corrected chi connectivity index (χ3v) is 6.69. The number of carbonyl (C=O) groups excluding carboxylic acids is 2. The third kappa shape index (κ3) is 7.78. The highest BCUT2D eigenvalue weighted by molar-refractivity contribution is 7.92. The van der Waals surface area contributed by atoms with Crippen LogP contribution < -0.4 is 9.62 Å². The molecule has 0 radical (unpaired) electrons. The Balaban J connectivity index is 2.42. The van der Waals surface area contributed by atoms with E-state index in [0.29, 0.717) is 20.6 Å². The highest BCUT2D eigenvalue weighted by atomic mass is 35.5. The molecule has 0 aliphatic rings. The van der Waals surface area contributed by atoms with E-state index >= 15 is 0 Å². The van der Waals surface area contributed by atoms with Gasteiger partial charge in [-0.1, -0.05) is 46.9 Å². The molecule has 33 heavy (non-hydrogen) atoms. The lowest BCUT2D eigenvalue weighted by Crippen LogP contribution is -2.52. The van der Waals surface area contributed by atoms with E-state index in [2.05, 4.69) is 5.32 Å². The number of amides is 2. The topological polar surface area (TPSA) is 86.8 Å². The number of nitrogens with one attached hydrogen (secondary N) is 1. The molecule has 0 fully saturated rings. The van der Waals surface area contributed by atoms with Crippen molar-refractivity contribution in [2.24, 2.45) is 0 Å². The number of rotatable bonds is 9. The van der Waals surface area contributed by atoms with Crippen LogP contribution in [-0.2, 0) is 26.2 Å². The monoisotopic (exact) mass is 533 g/mol. The van der Waals surface area contributed by atoms with Crippen molar-refractivity contribution in [3.05, 3.63) is 63.1 Å². The van der Waals surface area contributed by atoms with Crippen molar-refractivity contribution in [3.8, 4) is 0 Å². The molecule has 0 bridgehead atoms. The van der Waals surface area contributed by atoms with Gasteiger partial charge in [-0.2, -0.15) is 0 Å². The molecule has 0 aliphatic carbocycles. The molecule has 1 atom stereocenters. The van der Waals surface area contributed by atoms with E-state index in [4.69, 9.17) is 34.8 Å². The standard InChI is InChI=1S/C22H26Cl3N3O4S/c1-14(2)26-22(30)15(3)27(12-16-8-9-18(24)11-20(16)25)21(29)13-28(33(4,31)32)19-7-5-6-17(23)10-19/h5-11,14-15H,12-13H2,1-4H3,(H,26,30). The summed E-state index contributed by atoms with van der Waals surface area (Å²) in [6.45, 7) is 4.64. The summed E-state index contributed by atoms with van der Waals surface area (Å²) in [7, 11) is -3.83. The van der Waals surface area contributed by atoms with E-state index in [9.17, 15) is 18.0 Å². The smallest absolute Gasteiger partial charge is 0.244 e. The molecule has 0 spiro atoms. The van der Waals surface area contributed by atoms with E-state index in [0.717, 1.165) is 10.6 Å². The average Bonchev–Trinajstić information content (AvgIpc) is 2.69. The normalized spacial score (nSPS) is 12.4. The Labute approximate surface area is 209 Å². The summed E-state index contributed by atoms with van der Waals surface area (Å²) in [5.74, 6) is -0.963. The minimum Gasteiger partial charge on any atom is -0.352 e. The number of hydrogen-bond donors (Lipinski definition) is 1. The van der Waals surface area contributed by atoms with Gasteiger partial charge in [0.15, 0.2) is 0 Å². The van der Waals surface area contributed by atoms with Gasteiger partial charge in [0.2, 0.25) is 21.8 Å². The van der Waals surface area contributed by atoms with Crippen molar-refractivity contribution in [3.63, 3.8) is 0 Å². The molecule has 2 aromatic rings. The molecule has 1 unspecified atom stereocenters. The summed E-state index contributed by atoms with van der Waals surface area (Å²) < 4.78 is 25.9. The maximum Gasteiger partial charge on any atom is 0.244 e. The van der Waals surface area contributed by atoms with Gasteiger partial charge in [-0.25, -0.2) is 8.42 Å². The third-order valence-electron chi connectivity index (χ3n) is 4.73. The Hall–Kier alpha value is -2.00. The molecule has 0 aromatic heterocycles. The summed E-state index contributed by atoms with van der Waals surface area (Å²) in [5.41, 5.74) is 0.800. The quantitative estimate of drug-likeness (QED) is 0.518. The number of halogens is 3. The maximum atomic E-state index is 13.4. The fraction of sp³-hybridized carbons (Fsp3) is 0.364. The van der Waals surface area contributed by atoms with E-state index < -0.39 is 28.5 Å². The zero-order chi connectivity index (χ0) is 24.9. The van der Waals surface area contributed by atoms with Crippen LogP contribution >= 0.6 is 34.8 Å². The molecule has 0 saturated carbocycles. The second-order valence-electron chi connectivity index (χ2n) is 7.85. The maximum absolute atomic E-state index is 13.4. The molecule has 2 aromatic carbocycles. The first-order valence-corrected chi connectivity index (χ1v) is 13.0. The van der Waals surface area contributed by atoms with Gasteiger partial charge >= 0.3 is 0 Å². The number of benzene rings is 2. The number of anilines is 1. The number of carbonyl (C=O) groups is 2.